The summed E-state index contributed by atoms with van der Waals surface area (Å²) in [5.74, 6) is -0.922. The molecule has 0 bridgehead atoms. The summed E-state index contributed by atoms with van der Waals surface area (Å²) in [4.78, 5) is 15.2. The molecule has 0 spiro atoms. The zero-order valence-electron chi connectivity index (χ0n) is 14.8. The molecule has 1 unspecified atom stereocenters. The molecule has 142 valence electrons. The Kier molecular flexibility index (Phi) is 6.87. The summed E-state index contributed by atoms with van der Waals surface area (Å²) in [6, 6.07) is 8.45. The summed E-state index contributed by atoms with van der Waals surface area (Å²) in [6.07, 6.45) is 0. The number of thiophene rings is 1. The molecule has 1 aromatic heterocycles. The number of likely N-dealkylation sites (N-methyl/N-ethyl adjacent to an activating group) is 2. The van der Waals surface area contributed by atoms with Crippen LogP contribution >= 0.6 is 11.3 Å². The topological polar surface area (TPSA) is 69.7 Å². The zero-order chi connectivity index (χ0) is 19.3. The van der Waals surface area contributed by atoms with E-state index in [1.807, 2.05) is 36.5 Å². The Balaban J connectivity index is 1.97. The van der Waals surface area contributed by atoms with Crippen LogP contribution in [0.25, 0.3) is 0 Å². The van der Waals surface area contributed by atoms with Gasteiger partial charge in [-0.15, -0.1) is 11.3 Å². The lowest BCUT2D eigenvalue weighted by Crippen LogP contribution is -2.41. The molecule has 1 amide bonds. The molecule has 1 aromatic carbocycles. The van der Waals surface area contributed by atoms with Gasteiger partial charge in [0.25, 0.3) is 0 Å². The highest BCUT2D eigenvalue weighted by molar-refractivity contribution is 7.89. The van der Waals surface area contributed by atoms with Gasteiger partial charge >= 0.3 is 0 Å². The van der Waals surface area contributed by atoms with Gasteiger partial charge in [-0.2, -0.15) is 4.31 Å². The Morgan fingerprint density at radius 1 is 1.19 bits per heavy atom. The summed E-state index contributed by atoms with van der Waals surface area (Å²) < 4.78 is 38.8. The number of amides is 1. The van der Waals surface area contributed by atoms with E-state index in [-0.39, 0.29) is 17.5 Å². The fraction of sp³-hybridized carbons (Fsp3) is 0.353. The molecule has 0 fully saturated rings. The first-order chi connectivity index (χ1) is 12.2. The van der Waals surface area contributed by atoms with Crippen molar-refractivity contribution in [1.29, 1.82) is 0 Å². The van der Waals surface area contributed by atoms with Gasteiger partial charge in [-0.3, -0.25) is 4.79 Å². The first kappa shape index (κ1) is 20.5. The van der Waals surface area contributed by atoms with Gasteiger partial charge in [-0.1, -0.05) is 6.07 Å². The van der Waals surface area contributed by atoms with Crippen LogP contribution in [-0.4, -0.2) is 57.8 Å². The van der Waals surface area contributed by atoms with Crippen molar-refractivity contribution in [2.24, 2.45) is 0 Å². The Morgan fingerprint density at radius 2 is 1.85 bits per heavy atom. The van der Waals surface area contributed by atoms with Crippen LogP contribution in [0.3, 0.4) is 0 Å². The maximum Gasteiger partial charge on any atom is 0.243 e. The SMILES string of the molecule is CN(C)C(CNC(=O)CN(C)S(=O)(=O)c1ccc(F)cc1)c1cccs1. The van der Waals surface area contributed by atoms with Crippen molar-refractivity contribution in [2.75, 3.05) is 34.2 Å². The molecule has 6 nitrogen and oxygen atoms in total. The largest absolute Gasteiger partial charge is 0.353 e. The van der Waals surface area contributed by atoms with E-state index in [0.717, 1.165) is 21.3 Å². The number of carbonyl (C=O) groups is 1. The van der Waals surface area contributed by atoms with Crippen molar-refractivity contribution >= 4 is 27.3 Å². The molecule has 2 aromatic rings. The molecule has 0 aliphatic heterocycles. The van der Waals surface area contributed by atoms with E-state index in [9.17, 15) is 17.6 Å². The predicted octanol–water partition coefficient (Wildman–Crippen LogP) is 1.93. The van der Waals surface area contributed by atoms with Gasteiger partial charge < -0.3 is 10.2 Å². The average molecular weight is 400 g/mol. The van der Waals surface area contributed by atoms with E-state index < -0.39 is 21.7 Å². The second kappa shape index (κ2) is 8.72. The van der Waals surface area contributed by atoms with E-state index >= 15 is 0 Å². The molecule has 1 heterocycles. The van der Waals surface area contributed by atoms with Gasteiger partial charge in [-0.25, -0.2) is 12.8 Å². The maximum atomic E-state index is 13.0. The smallest absolute Gasteiger partial charge is 0.243 e. The second-order valence-corrected chi connectivity index (χ2v) is 9.04. The lowest BCUT2D eigenvalue weighted by molar-refractivity contribution is -0.121. The zero-order valence-corrected chi connectivity index (χ0v) is 16.5. The Bertz CT molecular complexity index is 821. The standard InChI is InChI=1S/C17H22FN3O3S2/c1-20(2)15(16-5-4-10-25-16)11-19-17(22)12-21(3)26(23,24)14-8-6-13(18)7-9-14/h4-10,15H,11-12H2,1-3H3,(H,19,22). The maximum absolute atomic E-state index is 13.0. The van der Waals surface area contributed by atoms with Gasteiger partial charge in [0.05, 0.1) is 17.5 Å². The third-order valence-corrected chi connectivity index (χ3v) is 6.67. The van der Waals surface area contributed by atoms with Gasteiger partial charge in [0.15, 0.2) is 0 Å². The highest BCUT2D eigenvalue weighted by atomic mass is 32.2. The molecule has 0 saturated heterocycles. The van der Waals surface area contributed by atoms with Crippen LogP contribution in [0, 0.1) is 5.82 Å². The number of nitrogens with one attached hydrogen (secondary N) is 1. The molecule has 1 atom stereocenters. The molecule has 26 heavy (non-hydrogen) atoms. The number of hydrogen-bond acceptors (Lipinski definition) is 5. The average Bonchev–Trinajstić information content (AvgIpc) is 3.09. The second-order valence-electron chi connectivity index (χ2n) is 6.01. The molecule has 2 rings (SSSR count). The number of halogens is 1. The lowest BCUT2D eigenvalue weighted by Gasteiger charge is -2.24. The van der Waals surface area contributed by atoms with Gasteiger partial charge in [0.2, 0.25) is 15.9 Å². The number of benzene rings is 1. The van der Waals surface area contributed by atoms with Gasteiger partial charge in [0.1, 0.15) is 5.82 Å². The number of carbonyl (C=O) groups excluding carboxylic acids is 1. The van der Waals surface area contributed by atoms with Gasteiger partial charge in [0, 0.05) is 18.5 Å². The molecular formula is C17H22FN3O3S2. The third kappa shape index (κ3) is 5.10. The highest BCUT2D eigenvalue weighted by Gasteiger charge is 2.23. The van der Waals surface area contributed by atoms with Crippen LogP contribution in [-0.2, 0) is 14.8 Å². The lowest BCUT2D eigenvalue weighted by atomic mass is 10.2. The van der Waals surface area contributed by atoms with E-state index in [0.29, 0.717) is 6.54 Å². The monoisotopic (exact) mass is 399 g/mol. The first-order valence-electron chi connectivity index (χ1n) is 7.90. The Hall–Kier alpha value is -1.81. The van der Waals surface area contributed by atoms with Crippen molar-refractivity contribution in [3.05, 3.63) is 52.5 Å². The Morgan fingerprint density at radius 3 is 2.38 bits per heavy atom. The minimum Gasteiger partial charge on any atom is -0.353 e. The van der Waals surface area contributed by atoms with E-state index in [1.54, 1.807) is 11.3 Å². The third-order valence-electron chi connectivity index (χ3n) is 3.88. The fourth-order valence-corrected chi connectivity index (χ4v) is 4.41. The van der Waals surface area contributed by atoms with Crippen molar-refractivity contribution < 1.29 is 17.6 Å². The van der Waals surface area contributed by atoms with E-state index in [2.05, 4.69) is 5.32 Å². The fourth-order valence-electron chi connectivity index (χ4n) is 2.36. The molecule has 0 aliphatic carbocycles. The van der Waals surface area contributed by atoms with Crippen molar-refractivity contribution in [3.8, 4) is 0 Å². The Labute approximate surface area is 157 Å². The summed E-state index contributed by atoms with van der Waals surface area (Å²) in [5, 5.41) is 4.74. The quantitative estimate of drug-likeness (QED) is 0.736. The molecule has 0 saturated carbocycles. The van der Waals surface area contributed by atoms with Crippen molar-refractivity contribution in [2.45, 2.75) is 10.9 Å². The summed E-state index contributed by atoms with van der Waals surface area (Å²) in [7, 11) is 1.31. The van der Waals surface area contributed by atoms with E-state index in [1.165, 1.54) is 19.2 Å². The van der Waals surface area contributed by atoms with Crippen molar-refractivity contribution in [1.82, 2.24) is 14.5 Å². The number of sulfonamides is 1. The predicted molar refractivity (Wildman–Crippen MR) is 100.0 cm³/mol. The van der Waals surface area contributed by atoms with Crippen LogP contribution in [0.5, 0.6) is 0 Å². The van der Waals surface area contributed by atoms with Crippen molar-refractivity contribution in [3.63, 3.8) is 0 Å². The summed E-state index contributed by atoms with van der Waals surface area (Å²) >= 11 is 1.60. The van der Waals surface area contributed by atoms with Crippen LogP contribution in [0.2, 0.25) is 0 Å². The molecular weight excluding hydrogens is 377 g/mol. The summed E-state index contributed by atoms with van der Waals surface area (Å²) in [5.41, 5.74) is 0. The van der Waals surface area contributed by atoms with Crippen LogP contribution in [0.1, 0.15) is 10.9 Å². The first-order valence-corrected chi connectivity index (χ1v) is 10.2. The number of hydrogen-bond donors (Lipinski definition) is 1. The van der Waals surface area contributed by atoms with Crippen LogP contribution in [0.15, 0.2) is 46.7 Å². The molecule has 9 heteroatoms. The highest BCUT2D eigenvalue weighted by Crippen LogP contribution is 2.22. The molecule has 1 N–H and O–H groups in total. The summed E-state index contributed by atoms with van der Waals surface area (Å²) in [6.45, 7) is 0.0566. The van der Waals surface area contributed by atoms with E-state index in [4.69, 9.17) is 0 Å². The van der Waals surface area contributed by atoms with Crippen LogP contribution < -0.4 is 5.32 Å². The number of rotatable bonds is 8. The minimum absolute atomic E-state index is 0.0120. The van der Waals surface area contributed by atoms with Gasteiger partial charge in [-0.05, 0) is 49.8 Å². The normalized spacial score (nSPS) is 13.2. The van der Waals surface area contributed by atoms with Crippen LogP contribution in [0.4, 0.5) is 4.39 Å². The molecule has 0 radical (unpaired) electrons. The number of nitrogens with zero attached hydrogens (tertiary/aromatic N) is 2. The minimum atomic E-state index is -3.85. The molecule has 0 aliphatic rings.